The lowest BCUT2D eigenvalue weighted by Gasteiger charge is -2.36. The molecule has 1 saturated heterocycles. The summed E-state index contributed by atoms with van der Waals surface area (Å²) in [6, 6.07) is -0.325. The minimum absolute atomic E-state index is 0.325. The van der Waals surface area contributed by atoms with E-state index in [1.807, 2.05) is 4.90 Å². The minimum atomic E-state index is -4.96. The molecule has 1 rings (SSSR count). The maximum atomic E-state index is 11.2. The Morgan fingerprint density at radius 1 is 1.16 bits per heavy atom. The number of likely N-dealkylation sites (tertiary alicyclic amines) is 1. The molecule has 0 bridgehead atoms. The molecule has 2 unspecified atom stereocenters. The zero-order valence-electron chi connectivity index (χ0n) is 10.7. The molecule has 1 aliphatic heterocycles. The number of aliphatic hydroxyl groups excluding tert-OH is 1. The molecule has 8 nitrogen and oxygen atoms in total. The SMILES string of the molecule is CN1CCCCC1C(O)CC(P(=O)(O)O)P(=O)(O)O. The molecule has 2 atom stereocenters. The number of aliphatic hydroxyl groups is 1. The number of piperidine rings is 1. The van der Waals surface area contributed by atoms with Gasteiger partial charge in [-0.3, -0.25) is 9.13 Å². The van der Waals surface area contributed by atoms with Crippen LogP contribution < -0.4 is 0 Å². The average Bonchev–Trinajstić information content (AvgIpc) is 2.23. The van der Waals surface area contributed by atoms with E-state index >= 15 is 0 Å². The molecule has 0 aromatic heterocycles. The smallest absolute Gasteiger partial charge is 0.340 e. The van der Waals surface area contributed by atoms with E-state index in [4.69, 9.17) is 19.6 Å². The summed E-state index contributed by atoms with van der Waals surface area (Å²) in [4.78, 5) is 37.9. The Hall–Kier alpha value is 0.220. The van der Waals surface area contributed by atoms with Gasteiger partial charge < -0.3 is 29.6 Å². The first-order chi connectivity index (χ1) is 8.53. The van der Waals surface area contributed by atoms with Crippen molar-refractivity contribution in [1.29, 1.82) is 0 Å². The van der Waals surface area contributed by atoms with Gasteiger partial charge in [-0.05, 0) is 26.4 Å². The van der Waals surface area contributed by atoms with Crippen LogP contribution >= 0.6 is 15.2 Å². The highest BCUT2D eigenvalue weighted by Crippen LogP contribution is 2.61. The zero-order chi connectivity index (χ0) is 14.8. The number of nitrogens with zero attached hydrogens (tertiary/aromatic N) is 1. The van der Waals surface area contributed by atoms with Gasteiger partial charge in [0.15, 0.2) is 5.40 Å². The van der Waals surface area contributed by atoms with E-state index in [1.54, 1.807) is 7.05 Å². The molecule has 19 heavy (non-hydrogen) atoms. The van der Waals surface area contributed by atoms with Crippen LogP contribution in [0.5, 0.6) is 0 Å². The maximum Gasteiger partial charge on any atom is 0.340 e. The van der Waals surface area contributed by atoms with Crippen LogP contribution in [0.2, 0.25) is 0 Å². The molecule has 0 spiro atoms. The Morgan fingerprint density at radius 2 is 1.68 bits per heavy atom. The van der Waals surface area contributed by atoms with Crippen LogP contribution in [0.3, 0.4) is 0 Å². The van der Waals surface area contributed by atoms with Gasteiger partial charge in [0, 0.05) is 12.5 Å². The summed E-state index contributed by atoms with van der Waals surface area (Å²) < 4.78 is 22.3. The first-order valence-corrected chi connectivity index (χ1v) is 9.38. The third-order valence-corrected chi connectivity index (χ3v) is 7.28. The van der Waals surface area contributed by atoms with E-state index in [-0.39, 0.29) is 6.04 Å². The van der Waals surface area contributed by atoms with Crippen LogP contribution in [0.1, 0.15) is 25.7 Å². The second kappa shape index (κ2) is 6.33. The van der Waals surface area contributed by atoms with Crippen molar-refractivity contribution in [3.63, 3.8) is 0 Å². The number of rotatable bonds is 5. The molecule has 5 N–H and O–H groups in total. The van der Waals surface area contributed by atoms with Gasteiger partial charge in [-0.15, -0.1) is 0 Å². The Bertz CT molecular complexity index is 370. The van der Waals surface area contributed by atoms with Gasteiger partial charge in [-0.25, -0.2) is 0 Å². The first kappa shape index (κ1) is 17.3. The molecule has 0 aromatic carbocycles. The number of hydrogen-bond donors (Lipinski definition) is 5. The van der Waals surface area contributed by atoms with Crippen LogP contribution in [0, 0.1) is 0 Å². The lowest BCUT2D eigenvalue weighted by molar-refractivity contribution is 0.0362. The van der Waals surface area contributed by atoms with E-state index in [2.05, 4.69) is 0 Å². The molecule has 1 heterocycles. The fourth-order valence-corrected chi connectivity index (χ4v) is 4.98. The van der Waals surface area contributed by atoms with Crippen LogP contribution in [0.25, 0.3) is 0 Å². The van der Waals surface area contributed by atoms with E-state index in [0.29, 0.717) is 6.42 Å². The summed E-state index contributed by atoms with van der Waals surface area (Å²) in [5.41, 5.74) is 0. The van der Waals surface area contributed by atoms with Crippen molar-refractivity contribution >= 4 is 15.2 Å². The van der Waals surface area contributed by atoms with Crippen molar-refractivity contribution in [2.24, 2.45) is 0 Å². The fraction of sp³-hybridized carbons (Fsp3) is 1.00. The molecular weight excluding hydrogens is 296 g/mol. The summed E-state index contributed by atoms with van der Waals surface area (Å²) in [7, 11) is -8.15. The van der Waals surface area contributed by atoms with Crippen molar-refractivity contribution in [2.75, 3.05) is 13.6 Å². The highest BCUT2D eigenvalue weighted by atomic mass is 31.2. The molecule has 114 valence electrons. The van der Waals surface area contributed by atoms with Crippen LogP contribution in [0.15, 0.2) is 0 Å². The minimum Gasteiger partial charge on any atom is -0.391 e. The number of hydrogen-bond acceptors (Lipinski definition) is 4. The second-order valence-electron chi connectivity index (χ2n) is 5.01. The third-order valence-electron chi connectivity index (χ3n) is 3.50. The molecule has 1 aliphatic rings. The van der Waals surface area contributed by atoms with Gasteiger partial charge in [0.2, 0.25) is 0 Å². The summed E-state index contributed by atoms with van der Waals surface area (Å²) >= 11 is 0. The van der Waals surface area contributed by atoms with E-state index in [1.165, 1.54) is 0 Å². The van der Waals surface area contributed by atoms with Gasteiger partial charge >= 0.3 is 15.2 Å². The van der Waals surface area contributed by atoms with Gasteiger partial charge in [0.25, 0.3) is 0 Å². The van der Waals surface area contributed by atoms with E-state index in [9.17, 15) is 14.2 Å². The number of likely N-dealkylation sites (N-methyl/N-ethyl adjacent to an activating group) is 1. The quantitative estimate of drug-likeness (QED) is 0.443. The van der Waals surface area contributed by atoms with Crippen LogP contribution in [-0.4, -0.2) is 60.7 Å². The lowest BCUT2D eigenvalue weighted by atomic mass is 9.97. The van der Waals surface area contributed by atoms with Crippen molar-refractivity contribution < 1.29 is 33.8 Å². The zero-order valence-corrected chi connectivity index (χ0v) is 12.5. The lowest BCUT2D eigenvalue weighted by Crippen LogP contribution is -2.45. The highest BCUT2D eigenvalue weighted by Gasteiger charge is 2.45. The van der Waals surface area contributed by atoms with E-state index < -0.39 is 33.1 Å². The summed E-state index contributed by atoms with van der Waals surface area (Å²) in [5, 5.41) is 7.88. The van der Waals surface area contributed by atoms with E-state index in [0.717, 1.165) is 19.4 Å². The highest BCUT2D eigenvalue weighted by molar-refractivity contribution is 7.70. The Labute approximate surface area is 111 Å². The molecule has 0 aliphatic carbocycles. The molecule has 0 saturated carbocycles. The molecular formula is C9H21NO7P2. The van der Waals surface area contributed by atoms with Gasteiger partial charge in [0.1, 0.15) is 0 Å². The van der Waals surface area contributed by atoms with Crippen LogP contribution in [0.4, 0.5) is 0 Å². The maximum absolute atomic E-state index is 11.2. The molecule has 0 radical (unpaired) electrons. The third kappa shape index (κ3) is 4.92. The predicted octanol–water partition coefficient (Wildman–Crippen LogP) is -0.0968. The molecule has 10 heteroatoms. The Kier molecular flexibility index (Phi) is 5.75. The molecule has 1 fully saturated rings. The van der Waals surface area contributed by atoms with Crippen LogP contribution in [-0.2, 0) is 9.13 Å². The van der Waals surface area contributed by atoms with Gasteiger partial charge in [-0.1, -0.05) is 6.42 Å². The topological polar surface area (TPSA) is 139 Å². The Morgan fingerprint density at radius 3 is 2.11 bits per heavy atom. The van der Waals surface area contributed by atoms with Gasteiger partial charge in [-0.2, -0.15) is 0 Å². The largest absolute Gasteiger partial charge is 0.391 e. The standard InChI is InChI=1S/C9H21NO7P2/c1-10-5-3-2-4-7(10)8(11)6-9(18(12,13)14)19(15,16)17/h7-9,11H,2-6H2,1H3,(H2,12,13,14)(H2,15,16,17). The summed E-state index contributed by atoms with van der Waals surface area (Å²) in [5.74, 6) is 0. The monoisotopic (exact) mass is 317 g/mol. The molecule has 0 aromatic rings. The summed E-state index contributed by atoms with van der Waals surface area (Å²) in [6.07, 6.45) is 0.717. The van der Waals surface area contributed by atoms with Crippen molar-refractivity contribution in [2.45, 2.75) is 43.2 Å². The molecule has 0 amide bonds. The van der Waals surface area contributed by atoms with Crippen molar-refractivity contribution in [3.05, 3.63) is 0 Å². The normalized spacial score (nSPS) is 24.7. The fourth-order valence-electron chi connectivity index (χ4n) is 2.43. The second-order valence-corrected chi connectivity index (χ2v) is 9.02. The first-order valence-electron chi connectivity index (χ1n) is 6.02. The predicted molar refractivity (Wildman–Crippen MR) is 68.8 cm³/mol. The Balaban J connectivity index is 2.79. The van der Waals surface area contributed by atoms with Gasteiger partial charge in [0.05, 0.1) is 6.10 Å². The van der Waals surface area contributed by atoms with Crippen molar-refractivity contribution in [1.82, 2.24) is 4.90 Å². The average molecular weight is 317 g/mol. The summed E-state index contributed by atoms with van der Waals surface area (Å²) in [6.45, 7) is 0.748. The van der Waals surface area contributed by atoms with Crippen molar-refractivity contribution in [3.8, 4) is 0 Å².